The van der Waals surface area contributed by atoms with E-state index in [2.05, 4.69) is 24.5 Å². The second-order valence-electron chi connectivity index (χ2n) is 9.39. The zero-order valence-corrected chi connectivity index (χ0v) is 20.1. The fourth-order valence-electron chi connectivity index (χ4n) is 4.99. The summed E-state index contributed by atoms with van der Waals surface area (Å²) in [5.41, 5.74) is 3.80. The van der Waals surface area contributed by atoms with Gasteiger partial charge in [-0.3, -0.25) is 13.9 Å². The number of aromatic nitrogens is 3. The summed E-state index contributed by atoms with van der Waals surface area (Å²) in [6.07, 6.45) is -0.523. The second-order valence-corrected chi connectivity index (χ2v) is 9.80. The molecule has 0 spiro atoms. The van der Waals surface area contributed by atoms with E-state index in [1.807, 2.05) is 49.4 Å². The standard InChI is InChI=1S/C26H26ClN3O3/c1-15-9-8-10-16(13-15)20-19-21(28(4)25(32)29(5)24(19)31)22-23(17-11-6-7-12-18(17)27)33-14-26(2,3)30(20)22/h6-13,23H,14H2,1-5H3/t23-/m0/s1. The van der Waals surface area contributed by atoms with Crippen molar-refractivity contribution in [3.8, 4) is 11.3 Å². The molecule has 0 saturated heterocycles. The average Bonchev–Trinajstić information content (AvgIpc) is 3.15. The maximum atomic E-state index is 13.6. The molecule has 0 amide bonds. The molecular formula is C26H26ClN3O3. The zero-order valence-electron chi connectivity index (χ0n) is 19.3. The lowest BCUT2D eigenvalue weighted by molar-refractivity contribution is -0.00702. The zero-order chi connectivity index (χ0) is 23.7. The first-order valence-electron chi connectivity index (χ1n) is 10.9. The number of benzene rings is 2. The Morgan fingerprint density at radius 3 is 2.45 bits per heavy atom. The maximum absolute atomic E-state index is 13.6. The number of nitrogens with zero attached hydrogens (tertiary/aromatic N) is 3. The van der Waals surface area contributed by atoms with Gasteiger partial charge in [0.25, 0.3) is 5.56 Å². The number of halogens is 1. The molecule has 7 heteroatoms. The largest absolute Gasteiger partial charge is 0.365 e. The minimum Gasteiger partial charge on any atom is -0.365 e. The van der Waals surface area contributed by atoms with Crippen molar-refractivity contribution < 1.29 is 4.74 Å². The molecule has 0 unspecified atom stereocenters. The first kappa shape index (κ1) is 21.7. The molecule has 0 fully saturated rings. The molecule has 0 radical (unpaired) electrons. The summed E-state index contributed by atoms with van der Waals surface area (Å²) in [6, 6.07) is 15.6. The molecule has 1 atom stereocenters. The number of rotatable bonds is 2. The van der Waals surface area contributed by atoms with Crippen LogP contribution < -0.4 is 11.2 Å². The van der Waals surface area contributed by atoms with E-state index in [4.69, 9.17) is 16.3 Å². The van der Waals surface area contributed by atoms with Crippen LogP contribution in [0.25, 0.3) is 22.2 Å². The summed E-state index contributed by atoms with van der Waals surface area (Å²) >= 11 is 6.59. The molecule has 3 heterocycles. The molecule has 0 saturated carbocycles. The highest BCUT2D eigenvalue weighted by atomic mass is 35.5. The van der Waals surface area contributed by atoms with Gasteiger partial charge in [-0.2, -0.15) is 0 Å². The first-order valence-corrected chi connectivity index (χ1v) is 11.3. The van der Waals surface area contributed by atoms with E-state index in [1.165, 1.54) is 11.6 Å². The monoisotopic (exact) mass is 463 g/mol. The minimum atomic E-state index is -0.523. The van der Waals surface area contributed by atoms with Crippen LogP contribution in [0.4, 0.5) is 0 Å². The predicted molar refractivity (Wildman–Crippen MR) is 131 cm³/mol. The SMILES string of the molecule is Cc1cccc(-c2c3c(=O)n(C)c(=O)n(C)c3c3n2C(C)(C)CO[C@H]3c2ccccc2Cl)c1. The van der Waals surface area contributed by atoms with Crippen molar-refractivity contribution in [3.05, 3.63) is 91.2 Å². The summed E-state index contributed by atoms with van der Waals surface area (Å²) in [4.78, 5) is 26.6. The van der Waals surface area contributed by atoms with Crippen LogP contribution in [0.1, 0.15) is 36.8 Å². The molecule has 1 aliphatic heterocycles. The third-order valence-corrected chi connectivity index (χ3v) is 6.89. The van der Waals surface area contributed by atoms with Gasteiger partial charge in [0.2, 0.25) is 0 Å². The van der Waals surface area contributed by atoms with Crippen LogP contribution in [0.5, 0.6) is 0 Å². The van der Waals surface area contributed by atoms with Gasteiger partial charge in [0.1, 0.15) is 6.10 Å². The molecule has 6 nitrogen and oxygen atoms in total. The van der Waals surface area contributed by atoms with E-state index in [1.54, 1.807) is 11.6 Å². The molecule has 5 rings (SSSR count). The number of ether oxygens (including phenoxy) is 1. The Bertz CT molecular complexity index is 1540. The summed E-state index contributed by atoms with van der Waals surface area (Å²) in [6.45, 7) is 6.62. The quantitative estimate of drug-likeness (QED) is 0.439. The predicted octanol–water partition coefficient (Wildman–Crippen LogP) is 4.52. The van der Waals surface area contributed by atoms with Gasteiger partial charge in [-0.15, -0.1) is 0 Å². The van der Waals surface area contributed by atoms with E-state index in [0.29, 0.717) is 22.5 Å². The van der Waals surface area contributed by atoms with Crippen molar-refractivity contribution in [1.29, 1.82) is 0 Å². The summed E-state index contributed by atoms with van der Waals surface area (Å²) in [5.74, 6) is 0. The van der Waals surface area contributed by atoms with Crippen molar-refractivity contribution >= 4 is 22.5 Å². The maximum Gasteiger partial charge on any atom is 0.331 e. The van der Waals surface area contributed by atoms with Gasteiger partial charge < -0.3 is 9.30 Å². The van der Waals surface area contributed by atoms with E-state index >= 15 is 0 Å². The fraction of sp³-hybridized carbons (Fsp3) is 0.308. The van der Waals surface area contributed by atoms with Gasteiger partial charge in [0, 0.05) is 24.7 Å². The Kier molecular flexibility index (Phi) is 4.92. The lowest BCUT2D eigenvalue weighted by Gasteiger charge is -2.39. The normalized spacial score (nSPS) is 17.3. The Morgan fingerprint density at radius 1 is 1.03 bits per heavy atom. The van der Waals surface area contributed by atoms with E-state index in [0.717, 1.165) is 28.1 Å². The van der Waals surface area contributed by atoms with Crippen LogP contribution in [-0.4, -0.2) is 20.3 Å². The number of fused-ring (bicyclic) bond motifs is 3. The summed E-state index contributed by atoms with van der Waals surface area (Å²) in [7, 11) is 3.23. The molecular weight excluding hydrogens is 438 g/mol. The van der Waals surface area contributed by atoms with Gasteiger partial charge in [-0.1, -0.05) is 53.6 Å². The molecule has 170 valence electrons. The Morgan fingerprint density at radius 2 is 1.76 bits per heavy atom. The molecule has 4 aromatic rings. The van der Waals surface area contributed by atoms with Crippen molar-refractivity contribution in [1.82, 2.24) is 13.7 Å². The molecule has 1 aliphatic rings. The van der Waals surface area contributed by atoms with Crippen molar-refractivity contribution in [2.75, 3.05) is 6.61 Å². The second kappa shape index (κ2) is 7.47. The van der Waals surface area contributed by atoms with Gasteiger partial charge >= 0.3 is 5.69 Å². The topological polar surface area (TPSA) is 58.2 Å². The van der Waals surface area contributed by atoms with Crippen LogP contribution in [0.3, 0.4) is 0 Å². The molecule has 2 aromatic heterocycles. The molecule has 0 bridgehead atoms. The first-order chi connectivity index (χ1) is 15.6. The van der Waals surface area contributed by atoms with E-state index in [-0.39, 0.29) is 11.2 Å². The third-order valence-electron chi connectivity index (χ3n) is 6.54. The van der Waals surface area contributed by atoms with Crippen LogP contribution >= 0.6 is 11.6 Å². The number of aryl methyl sites for hydroxylation is 2. The van der Waals surface area contributed by atoms with Crippen LogP contribution in [0, 0.1) is 6.92 Å². The smallest absolute Gasteiger partial charge is 0.331 e. The van der Waals surface area contributed by atoms with E-state index < -0.39 is 11.6 Å². The minimum absolute atomic E-state index is 0.319. The average molecular weight is 464 g/mol. The highest BCUT2D eigenvalue weighted by Crippen LogP contribution is 2.46. The summed E-state index contributed by atoms with van der Waals surface area (Å²) < 4.78 is 11.3. The van der Waals surface area contributed by atoms with Gasteiger partial charge in [0.15, 0.2) is 0 Å². The lowest BCUT2D eigenvalue weighted by Crippen LogP contribution is -2.40. The summed E-state index contributed by atoms with van der Waals surface area (Å²) in [5, 5.41) is 1.09. The molecule has 33 heavy (non-hydrogen) atoms. The van der Waals surface area contributed by atoms with Crippen molar-refractivity contribution in [2.24, 2.45) is 14.1 Å². The van der Waals surface area contributed by atoms with Crippen LogP contribution in [-0.2, 0) is 24.4 Å². The van der Waals surface area contributed by atoms with Crippen molar-refractivity contribution in [2.45, 2.75) is 32.4 Å². The van der Waals surface area contributed by atoms with Gasteiger partial charge in [-0.05, 0) is 38.5 Å². The molecule has 2 aromatic carbocycles. The third kappa shape index (κ3) is 3.12. The number of hydrogen-bond acceptors (Lipinski definition) is 3. The fourth-order valence-corrected chi connectivity index (χ4v) is 5.22. The van der Waals surface area contributed by atoms with Gasteiger partial charge in [0.05, 0.1) is 34.4 Å². The lowest BCUT2D eigenvalue weighted by atomic mass is 9.98. The van der Waals surface area contributed by atoms with Crippen LogP contribution in [0.15, 0.2) is 58.1 Å². The van der Waals surface area contributed by atoms with Gasteiger partial charge in [-0.25, -0.2) is 4.79 Å². The highest BCUT2D eigenvalue weighted by molar-refractivity contribution is 6.31. The molecule has 0 N–H and O–H groups in total. The number of hydrogen-bond donors (Lipinski definition) is 0. The van der Waals surface area contributed by atoms with Crippen LogP contribution in [0.2, 0.25) is 5.02 Å². The van der Waals surface area contributed by atoms with E-state index in [9.17, 15) is 9.59 Å². The Hall–Kier alpha value is -3.09. The molecule has 0 aliphatic carbocycles. The Labute approximate surface area is 196 Å². The Balaban J connectivity index is 2.04. The van der Waals surface area contributed by atoms with Crippen molar-refractivity contribution in [3.63, 3.8) is 0 Å². The highest BCUT2D eigenvalue weighted by Gasteiger charge is 2.41.